The maximum absolute atomic E-state index is 13.5. The van der Waals surface area contributed by atoms with Crippen molar-refractivity contribution >= 4 is 33.6 Å². The number of rotatable bonds is 3. The highest BCUT2D eigenvalue weighted by atomic mass is 19.1. The van der Waals surface area contributed by atoms with Gasteiger partial charge in [0.15, 0.2) is 11.4 Å². The lowest BCUT2D eigenvalue weighted by Gasteiger charge is -2.37. The van der Waals surface area contributed by atoms with E-state index in [2.05, 4.69) is 19.8 Å². The number of benzene rings is 2. The monoisotopic (exact) mass is 378 g/mol. The summed E-state index contributed by atoms with van der Waals surface area (Å²) in [5.41, 5.74) is 3.27. The topological polar surface area (TPSA) is 54.6 Å². The van der Waals surface area contributed by atoms with Gasteiger partial charge in [-0.3, -0.25) is 0 Å². The van der Waals surface area contributed by atoms with Crippen LogP contribution >= 0.6 is 0 Å². The molecule has 2 aromatic carbocycles. The van der Waals surface area contributed by atoms with Gasteiger partial charge in [0.05, 0.1) is 12.8 Å². The molecule has 0 unspecified atom stereocenters. The summed E-state index contributed by atoms with van der Waals surface area (Å²) in [6.45, 7) is 3.08. The Balaban J connectivity index is 1.43. The number of halogens is 1. The van der Waals surface area contributed by atoms with Crippen LogP contribution in [-0.2, 0) is 0 Å². The molecular formula is C21H19FN4O2. The summed E-state index contributed by atoms with van der Waals surface area (Å²) in [6.07, 6.45) is 1.59. The zero-order valence-corrected chi connectivity index (χ0v) is 15.4. The highest BCUT2D eigenvalue weighted by molar-refractivity contribution is 6.05. The number of para-hydroxylation sites is 1. The van der Waals surface area contributed by atoms with Crippen LogP contribution in [0.2, 0.25) is 0 Å². The quantitative estimate of drug-likeness (QED) is 0.540. The van der Waals surface area contributed by atoms with E-state index in [0.717, 1.165) is 59.8 Å². The zero-order chi connectivity index (χ0) is 19.1. The molecule has 3 heterocycles. The van der Waals surface area contributed by atoms with Crippen molar-refractivity contribution in [3.63, 3.8) is 0 Å². The molecule has 0 spiro atoms. The molecule has 0 saturated carbocycles. The molecule has 0 amide bonds. The molecule has 1 aliphatic rings. The Hall–Kier alpha value is -3.35. The number of aromatic nitrogens is 2. The number of ether oxygens (including phenoxy) is 1. The zero-order valence-electron chi connectivity index (χ0n) is 15.4. The molecule has 0 radical (unpaired) electrons. The fourth-order valence-corrected chi connectivity index (χ4v) is 3.81. The van der Waals surface area contributed by atoms with E-state index in [4.69, 9.17) is 9.15 Å². The van der Waals surface area contributed by atoms with Crippen LogP contribution in [0.15, 0.2) is 53.2 Å². The predicted octanol–water partition coefficient (Wildman–Crippen LogP) is 3.85. The van der Waals surface area contributed by atoms with Crippen molar-refractivity contribution in [1.29, 1.82) is 0 Å². The number of piperazine rings is 1. The Morgan fingerprint density at radius 2 is 1.79 bits per heavy atom. The summed E-state index contributed by atoms with van der Waals surface area (Å²) in [7, 11) is 1.56. The van der Waals surface area contributed by atoms with Gasteiger partial charge in [-0.05, 0) is 24.3 Å². The van der Waals surface area contributed by atoms with E-state index >= 15 is 0 Å². The Labute approximate surface area is 161 Å². The van der Waals surface area contributed by atoms with Gasteiger partial charge in [0.1, 0.15) is 29.0 Å². The minimum atomic E-state index is -0.299. The molecule has 2 aromatic heterocycles. The molecule has 0 aliphatic carbocycles. The first kappa shape index (κ1) is 16.8. The minimum absolute atomic E-state index is 0.299. The molecule has 6 nitrogen and oxygen atoms in total. The Bertz CT molecular complexity index is 1150. The van der Waals surface area contributed by atoms with Gasteiger partial charge in [0.2, 0.25) is 0 Å². The second-order valence-corrected chi connectivity index (χ2v) is 6.76. The molecule has 1 aliphatic heterocycles. The largest absolute Gasteiger partial charge is 0.494 e. The molecule has 0 atom stereocenters. The predicted molar refractivity (Wildman–Crippen MR) is 107 cm³/mol. The molecule has 0 bridgehead atoms. The van der Waals surface area contributed by atoms with Crippen LogP contribution in [0.25, 0.3) is 22.1 Å². The van der Waals surface area contributed by atoms with Crippen LogP contribution in [0, 0.1) is 5.82 Å². The highest BCUT2D eigenvalue weighted by Gasteiger charge is 2.24. The van der Waals surface area contributed by atoms with E-state index in [1.807, 2.05) is 24.3 Å². The van der Waals surface area contributed by atoms with E-state index < -0.39 is 0 Å². The van der Waals surface area contributed by atoms with E-state index in [1.54, 1.807) is 19.5 Å². The Kier molecular flexibility index (Phi) is 4.00. The number of nitrogens with zero attached hydrogens (tertiary/aromatic N) is 4. The molecule has 0 N–H and O–H groups in total. The average Bonchev–Trinajstić information content (AvgIpc) is 3.13. The van der Waals surface area contributed by atoms with Crippen LogP contribution in [0.4, 0.5) is 15.9 Å². The number of methoxy groups -OCH3 is 1. The smallest absolute Gasteiger partial charge is 0.196 e. The molecule has 7 heteroatoms. The van der Waals surface area contributed by atoms with Crippen molar-refractivity contribution in [2.75, 3.05) is 43.1 Å². The lowest BCUT2D eigenvalue weighted by Crippen LogP contribution is -2.47. The summed E-state index contributed by atoms with van der Waals surface area (Å²) in [6, 6.07) is 12.5. The molecule has 1 saturated heterocycles. The standard InChI is InChI=1S/C21H19FN4O2/c1-27-18-12-14(22)6-7-16(18)25-8-10-26(11-9-25)21-20-19(23-13-24-21)15-4-2-3-5-17(15)28-20/h2-7,12-13H,8-11H2,1H3. The maximum atomic E-state index is 13.5. The van der Waals surface area contributed by atoms with Gasteiger partial charge < -0.3 is 19.0 Å². The summed E-state index contributed by atoms with van der Waals surface area (Å²) in [5, 5.41) is 0.996. The van der Waals surface area contributed by atoms with Gasteiger partial charge in [0, 0.05) is 37.6 Å². The van der Waals surface area contributed by atoms with Crippen molar-refractivity contribution in [2.24, 2.45) is 0 Å². The number of anilines is 2. The van der Waals surface area contributed by atoms with Crippen LogP contribution < -0.4 is 14.5 Å². The average molecular weight is 378 g/mol. The summed E-state index contributed by atoms with van der Waals surface area (Å²) in [5.74, 6) is 1.06. The van der Waals surface area contributed by atoms with Gasteiger partial charge in [-0.2, -0.15) is 0 Å². The Morgan fingerprint density at radius 3 is 2.61 bits per heavy atom. The molecule has 1 fully saturated rings. The Morgan fingerprint density at radius 1 is 1.00 bits per heavy atom. The van der Waals surface area contributed by atoms with Crippen molar-refractivity contribution < 1.29 is 13.5 Å². The van der Waals surface area contributed by atoms with Crippen molar-refractivity contribution in [3.05, 3.63) is 54.6 Å². The third-order valence-corrected chi connectivity index (χ3v) is 5.20. The number of furan rings is 1. The SMILES string of the molecule is COc1cc(F)ccc1N1CCN(c2ncnc3c2oc2ccccc23)CC1. The lowest BCUT2D eigenvalue weighted by molar-refractivity contribution is 0.410. The third-order valence-electron chi connectivity index (χ3n) is 5.20. The van der Waals surface area contributed by atoms with Crippen LogP contribution in [-0.4, -0.2) is 43.3 Å². The number of hydrogen-bond donors (Lipinski definition) is 0. The summed E-state index contributed by atoms with van der Waals surface area (Å²) < 4.78 is 24.9. The number of hydrogen-bond acceptors (Lipinski definition) is 6. The van der Waals surface area contributed by atoms with Crippen molar-refractivity contribution in [1.82, 2.24) is 9.97 Å². The molecular weight excluding hydrogens is 359 g/mol. The third kappa shape index (κ3) is 2.70. The van der Waals surface area contributed by atoms with Gasteiger partial charge in [0.25, 0.3) is 0 Å². The van der Waals surface area contributed by atoms with Crippen molar-refractivity contribution in [2.45, 2.75) is 0 Å². The molecule has 28 heavy (non-hydrogen) atoms. The first-order valence-corrected chi connectivity index (χ1v) is 9.20. The number of fused-ring (bicyclic) bond motifs is 3. The fourth-order valence-electron chi connectivity index (χ4n) is 3.81. The summed E-state index contributed by atoms with van der Waals surface area (Å²) >= 11 is 0. The van der Waals surface area contributed by atoms with E-state index in [-0.39, 0.29) is 5.82 Å². The van der Waals surface area contributed by atoms with Crippen LogP contribution in [0.3, 0.4) is 0 Å². The fraction of sp³-hybridized carbons (Fsp3) is 0.238. The normalized spacial score (nSPS) is 14.8. The van der Waals surface area contributed by atoms with E-state index in [1.165, 1.54) is 12.1 Å². The maximum Gasteiger partial charge on any atom is 0.196 e. The second-order valence-electron chi connectivity index (χ2n) is 6.76. The van der Waals surface area contributed by atoms with Gasteiger partial charge >= 0.3 is 0 Å². The van der Waals surface area contributed by atoms with E-state index in [0.29, 0.717) is 5.75 Å². The van der Waals surface area contributed by atoms with Crippen LogP contribution in [0.5, 0.6) is 5.75 Å². The van der Waals surface area contributed by atoms with Gasteiger partial charge in [-0.15, -0.1) is 0 Å². The lowest BCUT2D eigenvalue weighted by atomic mass is 10.2. The van der Waals surface area contributed by atoms with Crippen molar-refractivity contribution in [3.8, 4) is 5.75 Å². The van der Waals surface area contributed by atoms with E-state index in [9.17, 15) is 4.39 Å². The van der Waals surface area contributed by atoms with Gasteiger partial charge in [-0.1, -0.05) is 12.1 Å². The molecule has 4 aromatic rings. The highest BCUT2D eigenvalue weighted by Crippen LogP contribution is 2.34. The second kappa shape index (κ2) is 6.67. The summed E-state index contributed by atoms with van der Waals surface area (Å²) in [4.78, 5) is 13.3. The first-order chi connectivity index (χ1) is 13.7. The first-order valence-electron chi connectivity index (χ1n) is 9.20. The van der Waals surface area contributed by atoms with Crippen LogP contribution in [0.1, 0.15) is 0 Å². The molecule has 142 valence electrons. The minimum Gasteiger partial charge on any atom is -0.494 e. The molecule has 5 rings (SSSR count). The van der Waals surface area contributed by atoms with Gasteiger partial charge in [-0.25, -0.2) is 14.4 Å².